The molecule has 9 aromatic rings. The fourth-order valence-electron chi connectivity index (χ4n) is 6.59. The van der Waals surface area contributed by atoms with Crippen molar-refractivity contribution in [1.82, 2.24) is 23.3 Å². The predicted octanol–water partition coefficient (Wildman–Crippen LogP) is 9.58. The minimum Gasteiger partial charge on any atom is -0.294 e. The van der Waals surface area contributed by atoms with Crippen LogP contribution in [0.3, 0.4) is 0 Å². The smallest absolute Gasteiger partial charge is 0.156 e. The van der Waals surface area contributed by atoms with Crippen LogP contribution in [0.1, 0.15) is 25.0 Å². The summed E-state index contributed by atoms with van der Waals surface area (Å²) in [6.45, 7) is 4.63. The molecule has 44 heavy (non-hydrogen) atoms. The molecule has 0 aliphatic rings. The Balaban J connectivity index is 1.31. The van der Waals surface area contributed by atoms with Gasteiger partial charge in [0.25, 0.3) is 0 Å². The first-order valence-electron chi connectivity index (χ1n) is 14.8. The highest BCUT2D eigenvalue weighted by Gasteiger charge is 2.28. The monoisotopic (exact) mass is 585 g/mol. The summed E-state index contributed by atoms with van der Waals surface area (Å²) in [5, 5.41) is 3.62. The molecular formula is C38H27N5S. The topological polar surface area (TPSA) is 48.0 Å². The van der Waals surface area contributed by atoms with Crippen molar-refractivity contribution < 1.29 is 0 Å². The highest BCUT2D eigenvalue weighted by molar-refractivity contribution is 7.14. The number of hydrogen-bond donors (Lipinski definition) is 0. The van der Waals surface area contributed by atoms with Crippen molar-refractivity contribution in [3.8, 4) is 17.1 Å². The molecule has 5 heterocycles. The predicted molar refractivity (Wildman–Crippen MR) is 182 cm³/mol. The lowest BCUT2D eigenvalue weighted by atomic mass is 9.77. The van der Waals surface area contributed by atoms with Gasteiger partial charge in [-0.15, -0.1) is 0 Å². The first-order chi connectivity index (χ1) is 21.6. The van der Waals surface area contributed by atoms with Crippen molar-refractivity contribution in [1.29, 1.82) is 0 Å². The van der Waals surface area contributed by atoms with Crippen LogP contribution >= 0.6 is 11.5 Å². The van der Waals surface area contributed by atoms with Crippen molar-refractivity contribution in [2.75, 3.05) is 0 Å². The van der Waals surface area contributed by atoms with E-state index in [1.165, 1.54) is 32.0 Å². The van der Waals surface area contributed by atoms with Crippen LogP contribution in [0.4, 0.5) is 0 Å². The van der Waals surface area contributed by atoms with Crippen molar-refractivity contribution in [3.63, 3.8) is 0 Å². The second kappa shape index (κ2) is 9.33. The molecule has 5 nitrogen and oxygen atoms in total. The van der Waals surface area contributed by atoms with Crippen LogP contribution in [0.15, 0.2) is 128 Å². The maximum atomic E-state index is 5.21. The van der Waals surface area contributed by atoms with E-state index in [1.807, 2.05) is 36.7 Å². The molecule has 0 radical (unpaired) electrons. The number of nitrogens with zero attached hydrogens (tertiary/aromatic N) is 5. The van der Waals surface area contributed by atoms with Crippen LogP contribution in [0.2, 0.25) is 0 Å². The summed E-state index contributed by atoms with van der Waals surface area (Å²) in [6.07, 6.45) is 3.72. The van der Waals surface area contributed by atoms with E-state index in [-0.39, 0.29) is 5.41 Å². The van der Waals surface area contributed by atoms with E-state index in [4.69, 9.17) is 15.0 Å². The zero-order valence-corrected chi connectivity index (χ0v) is 25.1. The van der Waals surface area contributed by atoms with Crippen molar-refractivity contribution in [2.45, 2.75) is 19.3 Å². The molecule has 0 atom stereocenters. The van der Waals surface area contributed by atoms with Gasteiger partial charge in [0.05, 0.1) is 32.5 Å². The van der Waals surface area contributed by atoms with Gasteiger partial charge in [0, 0.05) is 39.5 Å². The van der Waals surface area contributed by atoms with Gasteiger partial charge >= 0.3 is 0 Å². The summed E-state index contributed by atoms with van der Waals surface area (Å²) in [7, 11) is 0. The van der Waals surface area contributed by atoms with Crippen molar-refractivity contribution >= 4 is 60.1 Å². The number of aromatic nitrogens is 5. The highest BCUT2D eigenvalue weighted by Crippen LogP contribution is 2.41. The summed E-state index contributed by atoms with van der Waals surface area (Å²) in [5.41, 5.74) is 9.48. The maximum Gasteiger partial charge on any atom is 0.156 e. The summed E-state index contributed by atoms with van der Waals surface area (Å²) < 4.78 is 5.80. The van der Waals surface area contributed by atoms with Gasteiger partial charge in [0.15, 0.2) is 5.65 Å². The lowest BCUT2D eigenvalue weighted by Gasteiger charge is -2.27. The van der Waals surface area contributed by atoms with Gasteiger partial charge in [0.1, 0.15) is 5.82 Å². The Morgan fingerprint density at radius 3 is 2.16 bits per heavy atom. The van der Waals surface area contributed by atoms with Crippen LogP contribution in [-0.2, 0) is 5.41 Å². The molecule has 6 heteroatoms. The molecule has 0 aliphatic carbocycles. The molecule has 0 N–H and O–H groups in total. The van der Waals surface area contributed by atoms with Crippen LogP contribution < -0.4 is 0 Å². The quantitative estimate of drug-likeness (QED) is 0.207. The summed E-state index contributed by atoms with van der Waals surface area (Å²) in [6, 6.07) is 40.8. The van der Waals surface area contributed by atoms with Crippen molar-refractivity contribution in [3.05, 3.63) is 139 Å². The number of pyridine rings is 2. The van der Waals surface area contributed by atoms with Gasteiger partial charge in [-0.25, -0.2) is 13.8 Å². The Kier molecular flexibility index (Phi) is 5.34. The SMILES string of the molecule is CC(C)(c1ccc2c3ccccc3n(-c3ccccn3)c2c1)c1cc(-c2ccccn2)c2nc3c4ccccc4sn3c2c1. The van der Waals surface area contributed by atoms with Gasteiger partial charge in [-0.3, -0.25) is 9.55 Å². The Morgan fingerprint density at radius 2 is 1.34 bits per heavy atom. The average molecular weight is 586 g/mol. The van der Waals surface area contributed by atoms with Crippen molar-refractivity contribution in [2.24, 2.45) is 0 Å². The van der Waals surface area contributed by atoms with E-state index in [9.17, 15) is 0 Å². The molecule has 0 bridgehead atoms. The number of hydrogen-bond acceptors (Lipinski definition) is 4. The third kappa shape index (κ3) is 3.61. The average Bonchev–Trinajstić information content (AvgIpc) is 3.73. The summed E-state index contributed by atoms with van der Waals surface area (Å²) in [5.74, 6) is 0.916. The van der Waals surface area contributed by atoms with Gasteiger partial charge in [-0.2, -0.15) is 0 Å². The second-order valence-corrected chi connectivity index (χ2v) is 12.8. The number of para-hydroxylation sites is 1. The third-order valence-corrected chi connectivity index (χ3v) is 10.1. The van der Waals surface area contributed by atoms with E-state index in [0.717, 1.165) is 44.8 Å². The molecule has 0 saturated carbocycles. The molecule has 0 amide bonds. The fraction of sp³-hybridized carbons (Fsp3) is 0.0789. The molecule has 0 fully saturated rings. The number of rotatable bonds is 4. The van der Waals surface area contributed by atoms with E-state index < -0.39 is 0 Å². The number of benzene rings is 4. The van der Waals surface area contributed by atoms with Gasteiger partial charge in [-0.05, 0) is 71.8 Å². The molecular weight excluding hydrogens is 559 g/mol. The standard InChI is InChI=1S/C38H27N5S/c1-38(2,24-17-18-27-26-11-3-5-14-31(26)42(32(27)22-24)35-16-8-10-20-40-35)25-21-29(30-13-7-9-19-39-30)36-33(23-25)43-37(41-36)28-12-4-6-15-34(28)44-43/h3-23H,1-2H3. The van der Waals surface area contributed by atoms with E-state index in [2.05, 4.69) is 113 Å². The van der Waals surface area contributed by atoms with Gasteiger partial charge < -0.3 is 0 Å². The molecule has 4 aromatic carbocycles. The van der Waals surface area contributed by atoms with E-state index in [1.54, 1.807) is 11.5 Å². The molecule has 0 aliphatic heterocycles. The molecule has 9 rings (SSSR count). The largest absolute Gasteiger partial charge is 0.294 e. The normalized spacial score (nSPS) is 12.3. The maximum absolute atomic E-state index is 5.21. The van der Waals surface area contributed by atoms with Crippen LogP contribution in [0, 0.1) is 0 Å². The first kappa shape index (κ1) is 25.2. The first-order valence-corrected chi connectivity index (χ1v) is 15.6. The Bertz CT molecular complexity index is 2520. The second-order valence-electron chi connectivity index (χ2n) is 11.8. The number of fused-ring (bicyclic) bond motifs is 8. The Morgan fingerprint density at radius 1 is 0.614 bits per heavy atom. The molecule has 210 valence electrons. The fourth-order valence-corrected chi connectivity index (χ4v) is 7.64. The summed E-state index contributed by atoms with van der Waals surface area (Å²) >= 11 is 1.74. The zero-order chi connectivity index (χ0) is 29.4. The summed E-state index contributed by atoms with van der Waals surface area (Å²) in [4.78, 5) is 14.7. The zero-order valence-electron chi connectivity index (χ0n) is 24.3. The Hall–Kier alpha value is -5.33. The third-order valence-electron chi connectivity index (χ3n) is 8.97. The van der Waals surface area contributed by atoms with Gasteiger partial charge in [-0.1, -0.05) is 80.0 Å². The highest BCUT2D eigenvalue weighted by atomic mass is 32.1. The molecule has 0 unspecified atom stereocenters. The van der Waals surface area contributed by atoms with Crippen LogP contribution in [0.25, 0.3) is 65.6 Å². The molecule has 0 saturated heterocycles. The minimum atomic E-state index is -0.321. The van der Waals surface area contributed by atoms with Gasteiger partial charge in [0.2, 0.25) is 0 Å². The minimum absolute atomic E-state index is 0.321. The van der Waals surface area contributed by atoms with Crippen LogP contribution in [-0.4, -0.2) is 23.3 Å². The van der Waals surface area contributed by atoms with E-state index >= 15 is 0 Å². The Labute approximate surface area is 257 Å². The lowest BCUT2D eigenvalue weighted by molar-refractivity contribution is 0.642. The van der Waals surface area contributed by atoms with E-state index in [0.29, 0.717) is 0 Å². The lowest BCUT2D eigenvalue weighted by Crippen LogP contribution is -2.19. The van der Waals surface area contributed by atoms with Crippen LogP contribution in [0.5, 0.6) is 0 Å². The molecule has 0 spiro atoms. The molecule has 5 aromatic heterocycles. The number of imidazole rings is 1.